The van der Waals surface area contributed by atoms with Crippen molar-refractivity contribution in [2.75, 3.05) is 0 Å². The first-order chi connectivity index (χ1) is 10.5. The van der Waals surface area contributed by atoms with Gasteiger partial charge in [0, 0.05) is 11.5 Å². The van der Waals surface area contributed by atoms with Crippen LogP contribution >= 0.6 is 0 Å². The van der Waals surface area contributed by atoms with Gasteiger partial charge in [0.05, 0.1) is 5.52 Å². The number of fused-ring (bicyclic) bond motifs is 1. The van der Waals surface area contributed by atoms with Gasteiger partial charge in [-0.15, -0.1) is 0 Å². The summed E-state index contributed by atoms with van der Waals surface area (Å²) in [5.74, 6) is 1.97. The van der Waals surface area contributed by atoms with Crippen molar-refractivity contribution in [1.29, 1.82) is 0 Å². The maximum atomic E-state index is 6.13. The summed E-state index contributed by atoms with van der Waals surface area (Å²) < 4.78 is 6.13. The van der Waals surface area contributed by atoms with Gasteiger partial charge in [0.25, 0.3) is 0 Å². The third-order valence-electron chi connectivity index (χ3n) is 3.91. The number of aryl methyl sites for hydroxylation is 2. The van der Waals surface area contributed by atoms with Crippen LogP contribution in [0.4, 0.5) is 0 Å². The highest BCUT2D eigenvalue weighted by atomic mass is 16.5. The van der Waals surface area contributed by atoms with E-state index in [1.165, 1.54) is 22.1 Å². The van der Waals surface area contributed by atoms with Crippen LogP contribution < -0.4 is 4.74 Å². The van der Waals surface area contributed by atoms with Crippen molar-refractivity contribution < 1.29 is 4.74 Å². The minimum atomic E-state index is 0.414. The number of ether oxygens (including phenoxy) is 1. The Balaban J connectivity index is 2.05. The molecule has 0 bridgehead atoms. The van der Waals surface area contributed by atoms with Gasteiger partial charge >= 0.3 is 0 Å². The van der Waals surface area contributed by atoms with E-state index in [1.54, 1.807) is 0 Å². The molecule has 0 aliphatic carbocycles. The maximum Gasteiger partial charge on any atom is 0.220 e. The maximum absolute atomic E-state index is 6.13. The predicted octanol–water partition coefficient (Wildman–Crippen LogP) is 5.77. The van der Waals surface area contributed by atoms with Gasteiger partial charge < -0.3 is 4.74 Å². The SMILES string of the molecule is Cc1ccc(C(C)C)c(Oc2cc(C)c3ccccc3n2)c1. The summed E-state index contributed by atoms with van der Waals surface area (Å²) in [5, 5.41) is 1.17. The molecule has 1 aromatic heterocycles. The fraction of sp³-hybridized carbons (Fsp3) is 0.250. The highest BCUT2D eigenvalue weighted by molar-refractivity contribution is 5.82. The lowest BCUT2D eigenvalue weighted by Crippen LogP contribution is -1.97. The first-order valence-electron chi connectivity index (χ1n) is 7.69. The van der Waals surface area contributed by atoms with E-state index >= 15 is 0 Å². The van der Waals surface area contributed by atoms with Crippen molar-refractivity contribution >= 4 is 10.9 Å². The van der Waals surface area contributed by atoms with Crippen LogP contribution in [-0.2, 0) is 0 Å². The van der Waals surface area contributed by atoms with Crippen LogP contribution in [0.3, 0.4) is 0 Å². The molecule has 0 N–H and O–H groups in total. The molecule has 0 atom stereocenters. The second kappa shape index (κ2) is 5.80. The molecule has 2 heteroatoms. The molecular formula is C20H21NO. The van der Waals surface area contributed by atoms with Crippen LogP contribution in [0.2, 0.25) is 0 Å². The second-order valence-corrected chi connectivity index (χ2v) is 6.09. The molecule has 22 heavy (non-hydrogen) atoms. The molecule has 0 spiro atoms. The molecule has 2 nitrogen and oxygen atoms in total. The molecule has 112 valence electrons. The van der Waals surface area contributed by atoms with Crippen LogP contribution in [0.25, 0.3) is 10.9 Å². The summed E-state index contributed by atoms with van der Waals surface area (Å²) in [7, 11) is 0. The molecule has 0 aliphatic rings. The lowest BCUT2D eigenvalue weighted by Gasteiger charge is -2.15. The zero-order valence-corrected chi connectivity index (χ0v) is 13.6. The topological polar surface area (TPSA) is 22.1 Å². The molecule has 3 rings (SSSR count). The van der Waals surface area contributed by atoms with E-state index in [4.69, 9.17) is 4.74 Å². The average molecular weight is 291 g/mol. The van der Waals surface area contributed by atoms with Crippen molar-refractivity contribution in [2.45, 2.75) is 33.6 Å². The Labute approximate surface area is 131 Å². The van der Waals surface area contributed by atoms with Gasteiger partial charge in [0.1, 0.15) is 5.75 Å². The molecular weight excluding hydrogens is 270 g/mol. The van der Waals surface area contributed by atoms with Crippen LogP contribution in [-0.4, -0.2) is 4.98 Å². The Morgan fingerprint density at radius 3 is 2.50 bits per heavy atom. The molecule has 0 saturated heterocycles. The van der Waals surface area contributed by atoms with Gasteiger partial charge in [-0.2, -0.15) is 0 Å². The van der Waals surface area contributed by atoms with Gasteiger partial charge in [-0.05, 0) is 48.6 Å². The third kappa shape index (κ3) is 2.82. The number of benzene rings is 2. The van der Waals surface area contributed by atoms with E-state index < -0.39 is 0 Å². The Morgan fingerprint density at radius 2 is 1.73 bits per heavy atom. The van der Waals surface area contributed by atoms with Crippen LogP contribution in [0.1, 0.15) is 36.5 Å². The summed E-state index contributed by atoms with van der Waals surface area (Å²) >= 11 is 0. The largest absolute Gasteiger partial charge is 0.439 e. The number of rotatable bonds is 3. The lowest BCUT2D eigenvalue weighted by atomic mass is 10.0. The van der Waals surface area contributed by atoms with Crippen molar-refractivity contribution in [3.05, 3.63) is 65.2 Å². The monoisotopic (exact) mass is 291 g/mol. The Kier molecular flexibility index (Phi) is 3.84. The Hall–Kier alpha value is -2.35. The second-order valence-electron chi connectivity index (χ2n) is 6.09. The normalized spacial score (nSPS) is 11.1. The smallest absolute Gasteiger partial charge is 0.220 e. The minimum Gasteiger partial charge on any atom is -0.439 e. The number of hydrogen-bond donors (Lipinski definition) is 0. The van der Waals surface area contributed by atoms with Gasteiger partial charge in [0.15, 0.2) is 0 Å². The van der Waals surface area contributed by atoms with E-state index in [1.807, 2.05) is 24.3 Å². The number of para-hydroxylation sites is 1. The van der Waals surface area contributed by atoms with Gasteiger partial charge in [-0.1, -0.05) is 44.2 Å². The number of hydrogen-bond acceptors (Lipinski definition) is 2. The summed E-state index contributed by atoms with van der Waals surface area (Å²) in [5.41, 5.74) is 4.55. The third-order valence-corrected chi connectivity index (χ3v) is 3.91. The molecule has 0 amide bonds. The van der Waals surface area contributed by atoms with Crippen LogP contribution in [0, 0.1) is 13.8 Å². The highest BCUT2D eigenvalue weighted by Gasteiger charge is 2.11. The van der Waals surface area contributed by atoms with Crippen LogP contribution in [0.15, 0.2) is 48.5 Å². The molecule has 3 aromatic rings. The Bertz CT molecular complexity index is 821. The molecule has 0 unspecified atom stereocenters. The predicted molar refractivity (Wildman–Crippen MR) is 91.8 cm³/mol. The fourth-order valence-corrected chi connectivity index (χ4v) is 2.69. The Morgan fingerprint density at radius 1 is 0.955 bits per heavy atom. The number of pyridine rings is 1. The molecule has 0 aliphatic heterocycles. The zero-order chi connectivity index (χ0) is 15.7. The van der Waals surface area contributed by atoms with Crippen molar-refractivity contribution in [3.8, 4) is 11.6 Å². The summed E-state index contributed by atoms with van der Waals surface area (Å²) in [6.45, 7) is 8.53. The molecule has 0 radical (unpaired) electrons. The number of aromatic nitrogens is 1. The van der Waals surface area contributed by atoms with Crippen molar-refractivity contribution in [3.63, 3.8) is 0 Å². The molecule has 1 heterocycles. The van der Waals surface area contributed by atoms with Gasteiger partial charge in [-0.3, -0.25) is 0 Å². The van der Waals surface area contributed by atoms with Crippen molar-refractivity contribution in [1.82, 2.24) is 4.98 Å². The molecule has 0 fully saturated rings. The number of nitrogens with zero attached hydrogens (tertiary/aromatic N) is 1. The first kappa shape index (κ1) is 14.6. The lowest BCUT2D eigenvalue weighted by molar-refractivity contribution is 0.455. The quantitative estimate of drug-likeness (QED) is 0.611. The minimum absolute atomic E-state index is 0.414. The van der Waals surface area contributed by atoms with Gasteiger partial charge in [-0.25, -0.2) is 4.98 Å². The standard InChI is InChI=1S/C20H21NO/c1-13(2)16-10-9-14(3)11-19(16)22-20-12-15(4)17-7-5-6-8-18(17)21-20/h5-13H,1-4H3. The van der Waals surface area contributed by atoms with Gasteiger partial charge in [0.2, 0.25) is 5.88 Å². The van der Waals surface area contributed by atoms with Crippen molar-refractivity contribution in [2.24, 2.45) is 0 Å². The van der Waals surface area contributed by atoms with E-state index in [9.17, 15) is 0 Å². The summed E-state index contributed by atoms with van der Waals surface area (Å²) in [6, 6.07) is 16.5. The summed E-state index contributed by atoms with van der Waals surface area (Å²) in [6.07, 6.45) is 0. The highest BCUT2D eigenvalue weighted by Crippen LogP contribution is 2.32. The zero-order valence-electron chi connectivity index (χ0n) is 13.6. The van der Waals surface area contributed by atoms with E-state index in [2.05, 4.69) is 56.9 Å². The summed E-state index contributed by atoms with van der Waals surface area (Å²) in [4.78, 5) is 4.64. The average Bonchev–Trinajstić information content (AvgIpc) is 2.47. The first-order valence-corrected chi connectivity index (χ1v) is 7.69. The fourth-order valence-electron chi connectivity index (χ4n) is 2.69. The van der Waals surface area contributed by atoms with E-state index in [-0.39, 0.29) is 0 Å². The molecule has 0 saturated carbocycles. The molecule has 2 aromatic carbocycles. The van der Waals surface area contributed by atoms with E-state index in [0.29, 0.717) is 11.8 Å². The van der Waals surface area contributed by atoms with Crippen LogP contribution in [0.5, 0.6) is 11.6 Å². The van der Waals surface area contributed by atoms with E-state index in [0.717, 1.165) is 11.3 Å².